The number of benzene rings is 1. The number of hydrogen-bond acceptors (Lipinski definition) is 4. The second-order valence-corrected chi connectivity index (χ2v) is 6.07. The Hall–Kier alpha value is -1.69. The van der Waals surface area contributed by atoms with Crippen LogP contribution in [0.3, 0.4) is 0 Å². The number of piperazine rings is 1. The molecule has 2 aromatic rings. The highest BCUT2D eigenvalue weighted by atomic mass is 15.2. The molecule has 1 aliphatic heterocycles. The molecule has 5 heteroatoms. The van der Waals surface area contributed by atoms with E-state index in [9.17, 15) is 0 Å². The van der Waals surface area contributed by atoms with Gasteiger partial charge in [0.25, 0.3) is 0 Å². The topological polar surface area (TPSA) is 61.2 Å². The summed E-state index contributed by atoms with van der Waals surface area (Å²) in [6.45, 7) is 6.30. The van der Waals surface area contributed by atoms with E-state index in [4.69, 9.17) is 5.73 Å². The van der Waals surface area contributed by atoms with Crippen molar-refractivity contribution >= 4 is 0 Å². The number of nitrogens with two attached hydrogens (primary N) is 1. The molecule has 0 amide bonds. The number of nitrogens with one attached hydrogen (secondary N) is 1. The normalized spacial score (nSPS) is 17.0. The highest BCUT2D eigenvalue weighted by molar-refractivity contribution is 5.55. The molecular formula is C17H25N5. The molecule has 2 heterocycles. The first-order valence-electron chi connectivity index (χ1n) is 7.99. The van der Waals surface area contributed by atoms with Crippen LogP contribution >= 0.6 is 0 Å². The van der Waals surface area contributed by atoms with Crippen molar-refractivity contribution in [1.29, 1.82) is 0 Å². The van der Waals surface area contributed by atoms with Gasteiger partial charge in [-0.25, -0.2) is 4.98 Å². The van der Waals surface area contributed by atoms with E-state index in [2.05, 4.69) is 51.1 Å². The minimum Gasteiger partial charge on any atom is -0.342 e. The molecule has 0 radical (unpaired) electrons. The van der Waals surface area contributed by atoms with Gasteiger partial charge in [0.05, 0.1) is 0 Å². The predicted octanol–water partition coefficient (Wildman–Crippen LogP) is 1.33. The van der Waals surface area contributed by atoms with Gasteiger partial charge >= 0.3 is 0 Å². The lowest BCUT2D eigenvalue weighted by Crippen LogP contribution is -2.43. The summed E-state index contributed by atoms with van der Waals surface area (Å²) in [7, 11) is 2.19. The van der Waals surface area contributed by atoms with Gasteiger partial charge < -0.3 is 15.6 Å². The van der Waals surface area contributed by atoms with Crippen molar-refractivity contribution in [2.24, 2.45) is 5.73 Å². The Bertz CT molecular complexity index is 581. The van der Waals surface area contributed by atoms with Gasteiger partial charge in [-0.1, -0.05) is 24.3 Å². The third-order valence-corrected chi connectivity index (χ3v) is 4.27. The van der Waals surface area contributed by atoms with E-state index in [1.807, 2.05) is 6.20 Å². The van der Waals surface area contributed by atoms with Gasteiger partial charge in [-0.3, -0.25) is 4.90 Å². The molecule has 0 spiro atoms. The van der Waals surface area contributed by atoms with Crippen molar-refractivity contribution in [2.75, 3.05) is 39.8 Å². The van der Waals surface area contributed by atoms with Gasteiger partial charge in [0, 0.05) is 56.6 Å². The lowest BCUT2D eigenvalue weighted by molar-refractivity contribution is 0.148. The predicted molar refractivity (Wildman–Crippen MR) is 89.6 cm³/mol. The smallest absolute Gasteiger partial charge is 0.137 e. The molecule has 3 N–H and O–H groups in total. The van der Waals surface area contributed by atoms with Gasteiger partial charge in [0.15, 0.2) is 0 Å². The second-order valence-electron chi connectivity index (χ2n) is 6.07. The van der Waals surface area contributed by atoms with Crippen LogP contribution in [-0.2, 0) is 13.0 Å². The van der Waals surface area contributed by atoms with Gasteiger partial charge in [-0.05, 0) is 19.2 Å². The van der Waals surface area contributed by atoms with Crippen molar-refractivity contribution in [3.8, 4) is 11.4 Å². The van der Waals surface area contributed by atoms with Crippen molar-refractivity contribution in [3.63, 3.8) is 0 Å². The second kappa shape index (κ2) is 7.05. The fourth-order valence-corrected chi connectivity index (χ4v) is 2.82. The summed E-state index contributed by atoms with van der Waals surface area (Å²) in [6.07, 6.45) is 2.72. The molecule has 22 heavy (non-hydrogen) atoms. The summed E-state index contributed by atoms with van der Waals surface area (Å²) >= 11 is 0. The molecule has 5 nitrogen and oxygen atoms in total. The van der Waals surface area contributed by atoms with E-state index in [-0.39, 0.29) is 0 Å². The van der Waals surface area contributed by atoms with Crippen LogP contribution in [0, 0.1) is 0 Å². The van der Waals surface area contributed by atoms with Crippen molar-refractivity contribution in [1.82, 2.24) is 19.8 Å². The quantitative estimate of drug-likeness (QED) is 0.874. The van der Waals surface area contributed by atoms with Gasteiger partial charge in [-0.2, -0.15) is 0 Å². The van der Waals surface area contributed by atoms with E-state index >= 15 is 0 Å². The van der Waals surface area contributed by atoms with Crippen molar-refractivity contribution < 1.29 is 0 Å². The Morgan fingerprint density at radius 1 is 1.14 bits per heavy atom. The molecule has 0 unspecified atom stereocenters. The fraction of sp³-hybridized carbons (Fsp3) is 0.471. The van der Waals surface area contributed by atoms with Crippen LogP contribution in [0.4, 0.5) is 0 Å². The van der Waals surface area contributed by atoms with Crippen LogP contribution in [0.2, 0.25) is 0 Å². The SMILES string of the molecule is CN1CCN(Cc2ccc(-c3ncc(CCN)[nH]3)cc2)CC1. The number of hydrogen-bond donors (Lipinski definition) is 2. The van der Waals surface area contributed by atoms with Crippen molar-refractivity contribution in [3.05, 3.63) is 41.7 Å². The molecule has 118 valence electrons. The molecule has 1 aliphatic rings. The average molecular weight is 299 g/mol. The Balaban J connectivity index is 1.62. The number of nitrogens with zero attached hydrogens (tertiary/aromatic N) is 3. The molecule has 0 bridgehead atoms. The van der Waals surface area contributed by atoms with Crippen LogP contribution < -0.4 is 5.73 Å². The molecular weight excluding hydrogens is 274 g/mol. The number of rotatable bonds is 5. The lowest BCUT2D eigenvalue weighted by atomic mass is 10.1. The van der Waals surface area contributed by atoms with E-state index in [1.165, 1.54) is 5.56 Å². The molecule has 0 aliphatic carbocycles. The molecule has 0 saturated carbocycles. The maximum atomic E-state index is 5.57. The Morgan fingerprint density at radius 3 is 2.55 bits per heavy atom. The summed E-state index contributed by atoms with van der Waals surface area (Å²) in [6, 6.07) is 8.71. The Kier molecular flexibility index (Phi) is 4.87. The number of likely N-dealkylation sites (N-methyl/N-ethyl adjacent to an activating group) is 1. The maximum Gasteiger partial charge on any atom is 0.137 e. The standard InChI is InChI=1S/C17H25N5/c1-21-8-10-22(11-9-21)13-14-2-4-15(5-3-14)17-19-12-16(20-17)6-7-18/h2-5,12H,6-11,13,18H2,1H3,(H,19,20). The first kappa shape index (κ1) is 15.2. The summed E-state index contributed by atoms with van der Waals surface area (Å²) < 4.78 is 0. The van der Waals surface area contributed by atoms with Crippen molar-refractivity contribution in [2.45, 2.75) is 13.0 Å². The van der Waals surface area contributed by atoms with E-state index < -0.39 is 0 Å². The minimum atomic E-state index is 0.644. The zero-order valence-corrected chi connectivity index (χ0v) is 13.3. The summed E-state index contributed by atoms with van der Waals surface area (Å²) in [5.41, 5.74) is 9.16. The molecule has 1 aromatic carbocycles. The third-order valence-electron chi connectivity index (χ3n) is 4.27. The van der Waals surface area contributed by atoms with E-state index in [0.717, 1.165) is 56.2 Å². The van der Waals surface area contributed by atoms with Crippen LogP contribution in [0.25, 0.3) is 11.4 Å². The van der Waals surface area contributed by atoms with Gasteiger partial charge in [0.2, 0.25) is 0 Å². The molecule has 1 fully saturated rings. The van der Waals surface area contributed by atoms with Gasteiger partial charge in [-0.15, -0.1) is 0 Å². The van der Waals surface area contributed by atoms with Gasteiger partial charge in [0.1, 0.15) is 5.82 Å². The lowest BCUT2D eigenvalue weighted by Gasteiger charge is -2.32. The molecule has 3 rings (SSSR count). The Labute approximate surface area is 132 Å². The van der Waals surface area contributed by atoms with Crippen LogP contribution in [-0.4, -0.2) is 59.5 Å². The highest BCUT2D eigenvalue weighted by Gasteiger charge is 2.13. The van der Waals surface area contributed by atoms with E-state index in [0.29, 0.717) is 6.54 Å². The first-order valence-corrected chi connectivity index (χ1v) is 7.99. The summed E-state index contributed by atoms with van der Waals surface area (Å²) in [5, 5.41) is 0. The number of H-pyrrole nitrogens is 1. The van der Waals surface area contributed by atoms with E-state index in [1.54, 1.807) is 0 Å². The number of imidazole rings is 1. The Morgan fingerprint density at radius 2 is 1.86 bits per heavy atom. The summed E-state index contributed by atoms with van der Waals surface area (Å²) in [5.74, 6) is 0.926. The first-order chi connectivity index (χ1) is 10.7. The zero-order chi connectivity index (χ0) is 15.4. The minimum absolute atomic E-state index is 0.644. The highest BCUT2D eigenvalue weighted by Crippen LogP contribution is 2.18. The molecule has 1 saturated heterocycles. The maximum absolute atomic E-state index is 5.57. The third kappa shape index (κ3) is 3.74. The number of aromatic nitrogens is 2. The summed E-state index contributed by atoms with van der Waals surface area (Å²) in [4.78, 5) is 12.7. The zero-order valence-electron chi connectivity index (χ0n) is 13.3. The largest absolute Gasteiger partial charge is 0.342 e. The van der Waals surface area contributed by atoms with Crippen LogP contribution in [0.1, 0.15) is 11.3 Å². The monoisotopic (exact) mass is 299 g/mol. The number of aromatic amines is 1. The fourth-order valence-electron chi connectivity index (χ4n) is 2.82. The average Bonchev–Trinajstić information content (AvgIpc) is 2.99. The van der Waals surface area contributed by atoms with Crippen LogP contribution in [0.15, 0.2) is 30.5 Å². The molecule has 1 aromatic heterocycles. The van der Waals surface area contributed by atoms with Crippen LogP contribution in [0.5, 0.6) is 0 Å². The molecule has 0 atom stereocenters.